The molecule has 0 spiro atoms. The van der Waals surface area contributed by atoms with Crippen LogP contribution in [0.25, 0.3) is 0 Å². The van der Waals surface area contributed by atoms with Crippen molar-refractivity contribution in [3.8, 4) is 11.5 Å². The molecule has 8 heteroatoms. The third-order valence-corrected chi connectivity index (χ3v) is 6.11. The van der Waals surface area contributed by atoms with Gasteiger partial charge in [0.1, 0.15) is 19.3 Å². The van der Waals surface area contributed by atoms with Crippen LogP contribution >= 0.6 is 0 Å². The van der Waals surface area contributed by atoms with Crippen molar-refractivity contribution < 1.29 is 28.6 Å². The molecule has 8 nitrogen and oxygen atoms in total. The first-order valence-electron chi connectivity index (χ1n) is 11.8. The second kappa shape index (κ2) is 11.0. The fourth-order valence-corrected chi connectivity index (χ4v) is 4.27. The van der Waals surface area contributed by atoms with Crippen molar-refractivity contribution in [1.82, 2.24) is 9.80 Å². The molecule has 0 aromatic heterocycles. The predicted molar refractivity (Wildman–Crippen MR) is 125 cm³/mol. The molecule has 4 rings (SSSR count). The van der Waals surface area contributed by atoms with Gasteiger partial charge < -0.3 is 24.0 Å². The fourth-order valence-electron chi connectivity index (χ4n) is 4.27. The summed E-state index contributed by atoms with van der Waals surface area (Å²) in [5.74, 6) is 0.345. The highest BCUT2D eigenvalue weighted by molar-refractivity contribution is 5.97. The van der Waals surface area contributed by atoms with Crippen LogP contribution in [-0.4, -0.2) is 66.5 Å². The third-order valence-electron chi connectivity index (χ3n) is 6.11. The van der Waals surface area contributed by atoms with Crippen molar-refractivity contribution in [2.75, 3.05) is 32.9 Å². The van der Waals surface area contributed by atoms with Gasteiger partial charge in [-0.2, -0.15) is 0 Å². The van der Waals surface area contributed by atoms with E-state index >= 15 is 0 Å². The zero-order chi connectivity index (χ0) is 23.9. The van der Waals surface area contributed by atoms with E-state index in [1.54, 1.807) is 34.1 Å². The molecule has 2 aliphatic rings. The Morgan fingerprint density at radius 2 is 1.79 bits per heavy atom. The van der Waals surface area contributed by atoms with Gasteiger partial charge in [0.25, 0.3) is 11.8 Å². The maximum Gasteiger partial charge on any atom is 0.329 e. The SMILES string of the molecule is CCN(Cc1ccc2c(c1)OCCO2)C(=O)COC(=O)C1CCCCN1C(=O)c1ccccc1. The van der Waals surface area contributed by atoms with Crippen molar-refractivity contribution in [2.24, 2.45) is 0 Å². The van der Waals surface area contributed by atoms with E-state index in [-0.39, 0.29) is 18.4 Å². The lowest BCUT2D eigenvalue weighted by atomic mass is 10.0. The molecule has 2 heterocycles. The Kier molecular flexibility index (Phi) is 7.67. The van der Waals surface area contributed by atoms with Gasteiger partial charge in [0.15, 0.2) is 18.1 Å². The summed E-state index contributed by atoms with van der Waals surface area (Å²) in [5.41, 5.74) is 1.44. The van der Waals surface area contributed by atoms with Crippen LogP contribution in [0, 0.1) is 0 Å². The maximum absolute atomic E-state index is 12.9. The first-order chi connectivity index (χ1) is 16.6. The zero-order valence-corrected chi connectivity index (χ0v) is 19.4. The Labute approximate surface area is 199 Å². The molecule has 1 fully saturated rings. The number of rotatable bonds is 7. The van der Waals surface area contributed by atoms with Crippen LogP contribution in [0.5, 0.6) is 11.5 Å². The lowest BCUT2D eigenvalue weighted by molar-refractivity contribution is -0.156. The first-order valence-corrected chi connectivity index (χ1v) is 11.8. The maximum atomic E-state index is 12.9. The summed E-state index contributed by atoms with van der Waals surface area (Å²) < 4.78 is 16.6. The number of piperidine rings is 1. The first kappa shape index (κ1) is 23.6. The Balaban J connectivity index is 1.35. The molecule has 180 valence electrons. The number of carbonyl (C=O) groups is 3. The van der Waals surface area contributed by atoms with E-state index in [2.05, 4.69) is 0 Å². The zero-order valence-electron chi connectivity index (χ0n) is 19.4. The van der Waals surface area contributed by atoms with Gasteiger partial charge in [-0.05, 0) is 56.0 Å². The molecular weight excluding hydrogens is 436 g/mol. The molecule has 0 radical (unpaired) electrons. The normalized spacial score (nSPS) is 17.1. The number of fused-ring (bicyclic) bond motifs is 1. The highest BCUT2D eigenvalue weighted by atomic mass is 16.6. The summed E-state index contributed by atoms with van der Waals surface area (Å²) in [7, 11) is 0. The van der Waals surface area contributed by atoms with Gasteiger partial charge >= 0.3 is 5.97 Å². The number of esters is 1. The van der Waals surface area contributed by atoms with E-state index in [0.29, 0.717) is 56.3 Å². The third kappa shape index (κ3) is 5.50. The van der Waals surface area contributed by atoms with E-state index in [1.807, 2.05) is 31.2 Å². The minimum Gasteiger partial charge on any atom is -0.486 e. The molecule has 0 saturated carbocycles. The van der Waals surface area contributed by atoms with Crippen molar-refractivity contribution in [3.63, 3.8) is 0 Å². The second-order valence-electron chi connectivity index (χ2n) is 8.37. The molecule has 0 N–H and O–H groups in total. The van der Waals surface area contributed by atoms with E-state index in [0.717, 1.165) is 18.4 Å². The number of hydrogen-bond acceptors (Lipinski definition) is 6. The lowest BCUT2D eigenvalue weighted by Crippen LogP contribution is -2.49. The van der Waals surface area contributed by atoms with Crippen LogP contribution in [-0.2, 0) is 20.9 Å². The second-order valence-corrected chi connectivity index (χ2v) is 8.37. The highest BCUT2D eigenvalue weighted by Crippen LogP contribution is 2.31. The Hall–Kier alpha value is -3.55. The molecule has 1 atom stereocenters. The number of benzene rings is 2. The number of likely N-dealkylation sites (tertiary alicyclic amines) is 1. The van der Waals surface area contributed by atoms with Gasteiger partial charge in [-0.1, -0.05) is 24.3 Å². The lowest BCUT2D eigenvalue weighted by Gasteiger charge is -2.34. The smallest absolute Gasteiger partial charge is 0.329 e. The average Bonchev–Trinajstić information content (AvgIpc) is 2.90. The quantitative estimate of drug-likeness (QED) is 0.583. The van der Waals surface area contributed by atoms with Crippen LogP contribution in [0.2, 0.25) is 0 Å². The number of carbonyl (C=O) groups excluding carboxylic acids is 3. The number of ether oxygens (including phenoxy) is 3. The number of likely N-dealkylation sites (N-methyl/N-ethyl adjacent to an activating group) is 1. The summed E-state index contributed by atoms with van der Waals surface area (Å²) >= 11 is 0. The standard InChI is InChI=1S/C26H30N2O6/c1-2-27(17-19-11-12-22-23(16-19)33-15-14-32-22)24(29)18-34-26(31)21-10-6-7-13-28(21)25(30)20-8-4-3-5-9-20/h3-5,8-9,11-12,16,21H,2,6-7,10,13-15,17-18H2,1H3. The minimum atomic E-state index is -0.679. The molecule has 1 unspecified atom stereocenters. The molecule has 2 amide bonds. The van der Waals surface area contributed by atoms with Crippen molar-refractivity contribution >= 4 is 17.8 Å². The Morgan fingerprint density at radius 1 is 1.03 bits per heavy atom. The minimum absolute atomic E-state index is 0.192. The molecule has 0 bridgehead atoms. The Morgan fingerprint density at radius 3 is 2.56 bits per heavy atom. The largest absolute Gasteiger partial charge is 0.486 e. The molecule has 2 aromatic rings. The van der Waals surface area contributed by atoms with Gasteiger partial charge in [-0.15, -0.1) is 0 Å². The number of nitrogens with zero attached hydrogens (tertiary/aromatic N) is 2. The van der Waals surface area contributed by atoms with Crippen LogP contribution in [0.1, 0.15) is 42.1 Å². The van der Waals surface area contributed by atoms with Crippen molar-refractivity contribution in [3.05, 3.63) is 59.7 Å². The number of hydrogen-bond donors (Lipinski definition) is 0. The molecule has 1 saturated heterocycles. The fraction of sp³-hybridized carbons (Fsp3) is 0.423. The van der Waals surface area contributed by atoms with E-state index in [1.165, 1.54) is 0 Å². The monoisotopic (exact) mass is 466 g/mol. The van der Waals surface area contributed by atoms with Crippen LogP contribution < -0.4 is 9.47 Å². The van der Waals surface area contributed by atoms with E-state index in [4.69, 9.17) is 14.2 Å². The van der Waals surface area contributed by atoms with Crippen molar-refractivity contribution in [1.29, 1.82) is 0 Å². The van der Waals surface area contributed by atoms with Gasteiger partial charge in [0.2, 0.25) is 0 Å². The summed E-state index contributed by atoms with van der Waals surface area (Å²) in [6, 6.07) is 13.8. The highest BCUT2D eigenvalue weighted by Gasteiger charge is 2.34. The van der Waals surface area contributed by atoms with Crippen LogP contribution in [0.4, 0.5) is 0 Å². The Bertz CT molecular complexity index is 1030. The van der Waals surface area contributed by atoms with Gasteiger partial charge in [-0.25, -0.2) is 4.79 Å². The summed E-state index contributed by atoms with van der Waals surface area (Å²) in [6.45, 7) is 3.85. The molecule has 0 aliphatic carbocycles. The van der Waals surface area contributed by atoms with Crippen LogP contribution in [0.15, 0.2) is 48.5 Å². The molecule has 2 aromatic carbocycles. The summed E-state index contributed by atoms with van der Waals surface area (Å²) in [5, 5.41) is 0. The average molecular weight is 467 g/mol. The van der Waals surface area contributed by atoms with E-state index < -0.39 is 12.0 Å². The summed E-state index contributed by atoms with van der Waals surface area (Å²) in [6.07, 6.45) is 2.19. The predicted octanol–water partition coefficient (Wildman–Crippen LogP) is 3.04. The molecule has 34 heavy (non-hydrogen) atoms. The topological polar surface area (TPSA) is 85.4 Å². The van der Waals surface area contributed by atoms with Gasteiger partial charge in [0, 0.05) is 25.2 Å². The number of amides is 2. The van der Waals surface area contributed by atoms with Crippen molar-refractivity contribution in [2.45, 2.75) is 38.8 Å². The van der Waals surface area contributed by atoms with Gasteiger partial charge in [0.05, 0.1) is 0 Å². The van der Waals surface area contributed by atoms with E-state index in [9.17, 15) is 14.4 Å². The molecule has 2 aliphatic heterocycles. The summed E-state index contributed by atoms with van der Waals surface area (Å²) in [4.78, 5) is 41.8. The van der Waals surface area contributed by atoms with Gasteiger partial charge in [-0.3, -0.25) is 9.59 Å². The molecular formula is C26H30N2O6. The van der Waals surface area contributed by atoms with Crippen LogP contribution in [0.3, 0.4) is 0 Å².